The summed E-state index contributed by atoms with van der Waals surface area (Å²) >= 11 is 0. The molecule has 82 valence electrons. The first-order valence-electron chi connectivity index (χ1n) is 5.23. The minimum Gasteiger partial charge on any atom is -0.217 e. The zero-order chi connectivity index (χ0) is 11.3. The monoisotopic (exact) mass is 206 g/mol. The molecule has 0 saturated carbocycles. The van der Waals surface area contributed by atoms with Crippen molar-refractivity contribution < 1.29 is 9.85 Å². The molecule has 0 aliphatic heterocycles. The van der Waals surface area contributed by atoms with Crippen LogP contribution in [0.15, 0.2) is 43.0 Å². The summed E-state index contributed by atoms with van der Waals surface area (Å²) in [5.41, 5.74) is 1.29. The fourth-order valence-electron chi connectivity index (χ4n) is 1.71. The molecule has 0 saturated heterocycles. The van der Waals surface area contributed by atoms with Gasteiger partial charge in [-0.1, -0.05) is 36.4 Å². The molecule has 0 amide bonds. The van der Waals surface area contributed by atoms with E-state index < -0.39 is 0 Å². The van der Waals surface area contributed by atoms with E-state index in [-0.39, 0.29) is 4.65 Å². The Kier molecular flexibility index (Phi) is 4.06. The molecule has 0 radical (unpaired) electrons. The number of hydrogen-bond acceptors (Lipinski definition) is 1. The molecule has 0 aliphatic rings. The van der Waals surface area contributed by atoms with Crippen LogP contribution in [-0.2, 0) is 6.42 Å². The van der Waals surface area contributed by atoms with Crippen molar-refractivity contribution in [3.8, 4) is 0 Å². The highest BCUT2D eigenvalue weighted by Gasteiger charge is 2.17. The Morgan fingerprint density at radius 2 is 1.93 bits per heavy atom. The Morgan fingerprint density at radius 3 is 2.40 bits per heavy atom. The molecule has 2 nitrogen and oxygen atoms in total. The molecule has 1 aromatic rings. The summed E-state index contributed by atoms with van der Waals surface area (Å²) in [6.07, 6.45) is 2.86. The van der Waals surface area contributed by atoms with Gasteiger partial charge in [-0.2, -0.15) is 4.65 Å². The number of rotatable bonds is 5. The van der Waals surface area contributed by atoms with E-state index in [2.05, 4.69) is 18.7 Å². The molecule has 1 atom stereocenters. The number of nitrogens with zero attached hydrogens (tertiary/aromatic N) is 1. The molecule has 0 heterocycles. The molecule has 0 aromatic heterocycles. The van der Waals surface area contributed by atoms with Crippen molar-refractivity contribution in [2.24, 2.45) is 5.92 Å². The van der Waals surface area contributed by atoms with Gasteiger partial charge in [-0.05, 0) is 12.0 Å². The molecular weight excluding hydrogens is 186 g/mol. The maximum Gasteiger partial charge on any atom is 0.115 e. The van der Waals surface area contributed by atoms with E-state index in [4.69, 9.17) is 0 Å². The summed E-state index contributed by atoms with van der Waals surface area (Å²) in [7, 11) is 3.56. The van der Waals surface area contributed by atoms with Crippen molar-refractivity contribution >= 4 is 0 Å². The van der Waals surface area contributed by atoms with E-state index in [0.29, 0.717) is 12.5 Å². The lowest BCUT2D eigenvalue weighted by atomic mass is 9.99. The lowest BCUT2D eigenvalue weighted by Crippen LogP contribution is -2.40. The van der Waals surface area contributed by atoms with Gasteiger partial charge in [0.2, 0.25) is 0 Å². The smallest absolute Gasteiger partial charge is 0.115 e. The van der Waals surface area contributed by atoms with Crippen molar-refractivity contribution in [3.63, 3.8) is 0 Å². The maximum absolute atomic E-state index is 9.69. The van der Waals surface area contributed by atoms with Gasteiger partial charge in [0.05, 0.1) is 14.1 Å². The van der Waals surface area contributed by atoms with Gasteiger partial charge in [-0.15, -0.1) is 6.58 Å². The van der Waals surface area contributed by atoms with Gasteiger partial charge in [0.25, 0.3) is 0 Å². The lowest BCUT2D eigenvalue weighted by Gasteiger charge is -2.23. The third-order valence-electron chi connectivity index (χ3n) is 2.36. The first kappa shape index (κ1) is 12.0. The molecule has 0 aliphatic carbocycles. The molecule has 0 spiro atoms. The van der Waals surface area contributed by atoms with Crippen LogP contribution >= 0.6 is 0 Å². The molecule has 15 heavy (non-hydrogen) atoms. The predicted octanol–water partition coefficient (Wildman–Crippen LogP) is 2.50. The van der Waals surface area contributed by atoms with E-state index in [1.165, 1.54) is 5.56 Å². The van der Waals surface area contributed by atoms with E-state index in [1.807, 2.05) is 24.3 Å². The highest BCUT2D eigenvalue weighted by atomic mass is 16.5. The molecule has 1 aromatic carbocycles. The largest absolute Gasteiger partial charge is 0.217 e. The SMILES string of the molecule is C=CC(Cc1ccccc1)C[N+](C)(C)O. The summed E-state index contributed by atoms with van der Waals surface area (Å²) in [4.78, 5) is 0. The predicted molar refractivity (Wildman–Crippen MR) is 62.6 cm³/mol. The van der Waals surface area contributed by atoms with Gasteiger partial charge in [-0.3, -0.25) is 0 Å². The highest BCUT2D eigenvalue weighted by Crippen LogP contribution is 2.12. The number of hydroxylamine groups is 3. The molecule has 0 bridgehead atoms. The van der Waals surface area contributed by atoms with Gasteiger partial charge >= 0.3 is 0 Å². The Hall–Kier alpha value is -1.12. The van der Waals surface area contributed by atoms with Crippen LogP contribution in [0.25, 0.3) is 0 Å². The van der Waals surface area contributed by atoms with Crippen LogP contribution in [0.3, 0.4) is 0 Å². The average Bonchev–Trinajstić information content (AvgIpc) is 2.16. The van der Waals surface area contributed by atoms with E-state index >= 15 is 0 Å². The summed E-state index contributed by atoms with van der Waals surface area (Å²) in [6, 6.07) is 10.3. The number of quaternary nitrogens is 1. The highest BCUT2D eigenvalue weighted by molar-refractivity contribution is 5.16. The van der Waals surface area contributed by atoms with Gasteiger partial charge in [-0.25, -0.2) is 5.21 Å². The first-order chi connectivity index (χ1) is 7.01. The van der Waals surface area contributed by atoms with Crippen LogP contribution < -0.4 is 0 Å². The van der Waals surface area contributed by atoms with Gasteiger partial charge < -0.3 is 0 Å². The summed E-state index contributed by atoms with van der Waals surface area (Å²) < 4.78 is -0.0104. The fraction of sp³-hybridized carbons (Fsp3) is 0.385. The quantitative estimate of drug-likeness (QED) is 0.446. The zero-order valence-electron chi connectivity index (χ0n) is 9.56. The summed E-state index contributed by atoms with van der Waals surface area (Å²) in [5, 5.41) is 9.69. The van der Waals surface area contributed by atoms with E-state index in [9.17, 15) is 5.21 Å². The second kappa shape index (κ2) is 5.10. The Labute approximate surface area is 92.0 Å². The van der Waals surface area contributed by atoms with Gasteiger partial charge in [0.1, 0.15) is 6.54 Å². The topological polar surface area (TPSA) is 20.2 Å². The van der Waals surface area contributed by atoms with E-state index in [0.717, 1.165) is 6.42 Å². The second-order valence-corrected chi connectivity index (χ2v) is 4.49. The Bertz CT molecular complexity index is 300. The van der Waals surface area contributed by atoms with Gasteiger partial charge in [0.15, 0.2) is 0 Å². The molecule has 2 heteroatoms. The van der Waals surface area contributed by atoms with Crippen LogP contribution in [-0.4, -0.2) is 30.5 Å². The molecule has 1 unspecified atom stereocenters. The first-order valence-corrected chi connectivity index (χ1v) is 5.23. The number of benzene rings is 1. The fourth-order valence-corrected chi connectivity index (χ4v) is 1.71. The third-order valence-corrected chi connectivity index (χ3v) is 2.36. The zero-order valence-corrected chi connectivity index (χ0v) is 9.56. The Morgan fingerprint density at radius 1 is 1.33 bits per heavy atom. The van der Waals surface area contributed by atoms with Crippen LogP contribution in [0, 0.1) is 5.92 Å². The van der Waals surface area contributed by atoms with Crippen LogP contribution in [0.4, 0.5) is 0 Å². The van der Waals surface area contributed by atoms with Crippen LogP contribution in [0.2, 0.25) is 0 Å². The third kappa shape index (κ3) is 4.77. The van der Waals surface area contributed by atoms with Gasteiger partial charge in [0, 0.05) is 5.92 Å². The summed E-state index contributed by atoms with van der Waals surface area (Å²) in [5.74, 6) is 0.312. The average molecular weight is 206 g/mol. The van der Waals surface area contributed by atoms with Crippen LogP contribution in [0.5, 0.6) is 0 Å². The maximum atomic E-state index is 9.69. The van der Waals surface area contributed by atoms with Crippen molar-refractivity contribution in [2.75, 3.05) is 20.6 Å². The molecular formula is C13H20NO+. The van der Waals surface area contributed by atoms with E-state index in [1.54, 1.807) is 14.1 Å². The van der Waals surface area contributed by atoms with Crippen molar-refractivity contribution in [1.82, 2.24) is 0 Å². The van der Waals surface area contributed by atoms with Crippen molar-refractivity contribution in [2.45, 2.75) is 6.42 Å². The van der Waals surface area contributed by atoms with Crippen molar-refractivity contribution in [3.05, 3.63) is 48.6 Å². The minimum atomic E-state index is -0.0104. The molecule has 0 fully saturated rings. The van der Waals surface area contributed by atoms with Crippen LogP contribution in [0.1, 0.15) is 5.56 Å². The Balaban J connectivity index is 2.59. The summed E-state index contributed by atoms with van der Waals surface area (Å²) in [6.45, 7) is 4.51. The molecule has 1 rings (SSSR count). The number of hydrogen-bond donors (Lipinski definition) is 1. The standard InChI is InChI=1S/C13H20NO/c1-4-12(11-14(2,3)15)10-13-8-6-5-7-9-13/h4-9,12,15H,1,10-11H2,2-3H3/q+1. The second-order valence-electron chi connectivity index (χ2n) is 4.49. The minimum absolute atomic E-state index is 0.0104. The normalized spacial score (nSPS) is 13.5. The lowest BCUT2D eigenvalue weighted by molar-refractivity contribution is -1.07. The van der Waals surface area contributed by atoms with Crippen molar-refractivity contribution in [1.29, 1.82) is 0 Å². The molecule has 1 N–H and O–H groups in total.